The zero-order valence-corrected chi connectivity index (χ0v) is 8.89. The Balaban J connectivity index is 3.32. The molecule has 0 aliphatic heterocycles. The lowest BCUT2D eigenvalue weighted by molar-refractivity contribution is 0.101. The van der Waals surface area contributed by atoms with Crippen LogP contribution in [0.2, 0.25) is 0 Å². The van der Waals surface area contributed by atoms with E-state index < -0.39 is 0 Å². The number of alkyl halides is 1. The maximum atomic E-state index is 11.4. The van der Waals surface area contributed by atoms with Crippen molar-refractivity contribution in [3.8, 4) is 5.75 Å². The number of ether oxygens (including phenoxy) is 1. The molecule has 0 aliphatic carbocycles. The van der Waals surface area contributed by atoms with Crippen LogP contribution in [0.25, 0.3) is 0 Å². The molecule has 0 fully saturated rings. The summed E-state index contributed by atoms with van der Waals surface area (Å²) in [5.41, 5.74) is 7.44. The molecular formula is C10H12ClNO2. The van der Waals surface area contributed by atoms with Crippen LogP contribution in [0.5, 0.6) is 5.75 Å². The molecule has 0 unspecified atom stereocenters. The molecule has 0 radical (unpaired) electrons. The summed E-state index contributed by atoms with van der Waals surface area (Å²) in [6.45, 7) is 1.88. The van der Waals surface area contributed by atoms with E-state index in [0.717, 1.165) is 5.56 Å². The summed E-state index contributed by atoms with van der Waals surface area (Å²) in [5.74, 6) is 0.165. The Morgan fingerprint density at radius 3 is 2.71 bits per heavy atom. The molecule has 2 N–H and O–H groups in total. The van der Waals surface area contributed by atoms with Gasteiger partial charge in [0.25, 0.3) is 0 Å². The standard InChI is InChI=1S/C10H12ClNO2/c1-6-3-7(12)10(8(13)5-11)9(4-6)14-2/h3-4H,5,12H2,1-2H3. The largest absolute Gasteiger partial charge is 0.496 e. The highest BCUT2D eigenvalue weighted by atomic mass is 35.5. The molecule has 0 saturated carbocycles. The van der Waals surface area contributed by atoms with Crippen LogP contribution in [0.3, 0.4) is 0 Å². The van der Waals surface area contributed by atoms with E-state index in [1.807, 2.05) is 6.92 Å². The molecule has 14 heavy (non-hydrogen) atoms. The van der Waals surface area contributed by atoms with Gasteiger partial charge in [0.05, 0.1) is 18.6 Å². The Bertz CT molecular complexity index is 363. The normalized spacial score (nSPS) is 9.93. The van der Waals surface area contributed by atoms with Gasteiger partial charge in [0, 0.05) is 5.69 Å². The zero-order chi connectivity index (χ0) is 10.7. The number of aryl methyl sites for hydroxylation is 1. The lowest BCUT2D eigenvalue weighted by atomic mass is 10.1. The summed E-state index contributed by atoms with van der Waals surface area (Å²) < 4.78 is 5.07. The minimum Gasteiger partial charge on any atom is -0.496 e. The minimum absolute atomic E-state index is 0.0936. The van der Waals surface area contributed by atoms with E-state index in [1.165, 1.54) is 7.11 Å². The van der Waals surface area contributed by atoms with Gasteiger partial charge in [-0.1, -0.05) is 0 Å². The van der Waals surface area contributed by atoms with Crippen molar-refractivity contribution in [1.82, 2.24) is 0 Å². The number of hydrogen-bond acceptors (Lipinski definition) is 3. The molecule has 0 atom stereocenters. The molecule has 0 aromatic heterocycles. The topological polar surface area (TPSA) is 52.3 Å². The first-order valence-electron chi connectivity index (χ1n) is 4.13. The fourth-order valence-electron chi connectivity index (χ4n) is 1.31. The number of anilines is 1. The van der Waals surface area contributed by atoms with Crippen molar-refractivity contribution in [3.05, 3.63) is 23.3 Å². The maximum absolute atomic E-state index is 11.4. The number of rotatable bonds is 3. The molecule has 3 nitrogen and oxygen atoms in total. The van der Waals surface area contributed by atoms with Crippen molar-refractivity contribution in [3.63, 3.8) is 0 Å². The van der Waals surface area contributed by atoms with Crippen molar-refractivity contribution in [2.75, 3.05) is 18.7 Å². The summed E-state index contributed by atoms with van der Waals surface area (Å²) in [6, 6.07) is 3.48. The highest BCUT2D eigenvalue weighted by molar-refractivity contribution is 6.31. The van der Waals surface area contributed by atoms with Gasteiger partial charge in [-0.25, -0.2) is 0 Å². The summed E-state index contributed by atoms with van der Waals surface area (Å²) in [6.07, 6.45) is 0. The Morgan fingerprint density at radius 2 is 2.21 bits per heavy atom. The average Bonchev–Trinajstić information content (AvgIpc) is 2.15. The predicted octanol–water partition coefficient (Wildman–Crippen LogP) is 2.01. The third-order valence-corrected chi connectivity index (χ3v) is 2.14. The quantitative estimate of drug-likeness (QED) is 0.475. The lowest BCUT2D eigenvalue weighted by Crippen LogP contribution is -2.07. The van der Waals surface area contributed by atoms with Crippen molar-refractivity contribution >= 4 is 23.1 Å². The number of nitrogen functional groups attached to an aromatic ring is 1. The third-order valence-electron chi connectivity index (χ3n) is 1.90. The van der Waals surface area contributed by atoms with Crippen LogP contribution >= 0.6 is 11.6 Å². The van der Waals surface area contributed by atoms with Crippen LogP contribution in [0.4, 0.5) is 5.69 Å². The zero-order valence-electron chi connectivity index (χ0n) is 8.13. The second kappa shape index (κ2) is 4.33. The first-order valence-corrected chi connectivity index (χ1v) is 4.67. The predicted molar refractivity (Wildman–Crippen MR) is 57.2 cm³/mol. The van der Waals surface area contributed by atoms with E-state index in [2.05, 4.69) is 0 Å². The number of Topliss-reactive ketones (excluding diaryl/α,β-unsaturated/α-hetero) is 1. The van der Waals surface area contributed by atoms with Gasteiger partial charge in [0.1, 0.15) is 5.75 Å². The van der Waals surface area contributed by atoms with Crippen LogP contribution in [-0.4, -0.2) is 18.8 Å². The molecule has 1 rings (SSSR count). The lowest BCUT2D eigenvalue weighted by Gasteiger charge is -2.10. The summed E-state index contributed by atoms with van der Waals surface area (Å²) in [7, 11) is 1.50. The number of hydrogen-bond donors (Lipinski definition) is 1. The average molecular weight is 214 g/mol. The van der Waals surface area contributed by atoms with Gasteiger partial charge in [-0.3, -0.25) is 4.79 Å². The van der Waals surface area contributed by atoms with Gasteiger partial charge in [0.2, 0.25) is 0 Å². The molecule has 1 aromatic carbocycles. The fraction of sp³-hybridized carbons (Fsp3) is 0.300. The Morgan fingerprint density at radius 1 is 1.57 bits per heavy atom. The summed E-state index contributed by atoms with van der Waals surface area (Å²) in [4.78, 5) is 11.4. The smallest absolute Gasteiger partial charge is 0.183 e. The Hall–Kier alpha value is -1.22. The molecular weight excluding hydrogens is 202 g/mol. The number of ketones is 1. The van der Waals surface area contributed by atoms with Crippen LogP contribution in [0, 0.1) is 6.92 Å². The number of benzene rings is 1. The maximum Gasteiger partial charge on any atom is 0.183 e. The molecule has 0 spiro atoms. The van der Waals surface area contributed by atoms with Gasteiger partial charge in [-0.2, -0.15) is 0 Å². The van der Waals surface area contributed by atoms with Crippen LogP contribution in [0.1, 0.15) is 15.9 Å². The number of methoxy groups -OCH3 is 1. The van der Waals surface area contributed by atoms with Crippen molar-refractivity contribution in [2.45, 2.75) is 6.92 Å². The van der Waals surface area contributed by atoms with E-state index in [0.29, 0.717) is 17.0 Å². The van der Waals surface area contributed by atoms with Gasteiger partial charge in [0.15, 0.2) is 5.78 Å². The van der Waals surface area contributed by atoms with Gasteiger partial charge in [-0.05, 0) is 24.6 Å². The Kier molecular flexibility index (Phi) is 3.36. The molecule has 0 amide bonds. The highest BCUT2D eigenvalue weighted by Crippen LogP contribution is 2.27. The number of nitrogens with two attached hydrogens (primary N) is 1. The summed E-state index contributed by atoms with van der Waals surface area (Å²) in [5, 5.41) is 0. The molecule has 0 heterocycles. The van der Waals surface area contributed by atoms with E-state index in [4.69, 9.17) is 22.1 Å². The highest BCUT2D eigenvalue weighted by Gasteiger charge is 2.15. The molecule has 4 heteroatoms. The monoisotopic (exact) mass is 213 g/mol. The van der Waals surface area contributed by atoms with Gasteiger partial charge < -0.3 is 10.5 Å². The fourth-order valence-corrected chi connectivity index (χ4v) is 1.44. The van der Waals surface area contributed by atoms with E-state index in [1.54, 1.807) is 12.1 Å². The van der Waals surface area contributed by atoms with E-state index in [-0.39, 0.29) is 11.7 Å². The first kappa shape index (κ1) is 10.9. The number of halogens is 1. The van der Waals surface area contributed by atoms with Crippen molar-refractivity contribution in [2.24, 2.45) is 0 Å². The van der Waals surface area contributed by atoms with E-state index >= 15 is 0 Å². The number of carbonyl (C=O) groups excluding carboxylic acids is 1. The minimum atomic E-state index is -0.221. The SMILES string of the molecule is COc1cc(C)cc(N)c1C(=O)CCl. The second-order valence-electron chi connectivity index (χ2n) is 2.99. The van der Waals surface area contributed by atoms with Crippen molar-refractivity contribution < 1.29 is 9.53 Å². The number of carbonyl (C=O) groups is 1. The van der Waals surface area contributed by atoms with Gasteiger partial charge in [-0.15, -0.1) is 11.6 Å². The van der Waals surface area contributed by atoms with Crippen LogP contribution in [0.15, 0.2) is 12.1 Å². The molecule has 1 aromatic rings. The Labute approximate surface area is 87.8 Å². The van der Waals surface area contributed by atoms with Crippen molar-refractivity contribution in [1.29, 1.82) is 0 Å². The van der Waals surface area contributed by atoms with Crippen LogP contribution < -0.4 is 10.5 Å². The second-order valence-corrected chi connectivity index (χ2v) is 3.26. The van der Waals surface area contributed by atoms with Gasteiger partial charge >= 0.3 is 0 Å². The molecule has 76 valence electrons. The van der Waals surface area contributed by atoms with E-state index in [9.17, 15) is 4.79 Å². The van der Waals surface area contributed by atoms with Crippen LogP contribution in [-0.2, 0) is 0 Å². The summed E-state index contributed by atoms with van der Waals surface area (Å²) >= 11 is 5.47. The molecule has 0 bridgehead atoms. The molecule has 0 aliphatic rings. The third kappa shape index (κ3) is 1.99. The molecule has 0 saturated heterocycles. The first-order chi connectivity index (χ1) is 6.60.